The van der Waals surface area contributed by atoms with Gasteiger partial charge in [0.15, 0.2) is 0 Å². The van der Waals surface area contributed by atoms with Gasteiger partial charge in [0.1, 0.15) is 15.9 Å². The van der Waals surface area contributed by atoms with Crippen molar-refractivity contribution < 1.29 is 13.2 Å². The standard InChI is InChI=1S/C14H27N3O3S/c1-3-16-14(18)13-10-15-7-8-17(13)11-5-4-6-12(9-11)21(2,19)20/h11-13,15H,3-10H2,1-2H3,(H,16,18). The minimum atomic E-state index is -2.99. The van der Waals surface area contributed by atoms with Crippen molar-refractivity contribution >= 4 is 15.7 Å². The summed E-state index contributed by atoms with van der Waals surface area (Å²) in [6.45, 7) is 4.85. The predicted octanol–water partition coefficient (Wildman–Crippen LogP) is -0.248. The van der Waals surface area contributed by atoms with Gasteiger partial charge in [0.25, 0.3) is 0 Å². The molecule has 1 saturated heterocycles. The van der Waals surface area contributed by atoms with Gasteiger partial charge in [-0.25, -0.2) is 8.42 Å². The molecular weight excluding hydrogens is 290 g/mol. The summed E-state index contributed by atoms with van der Waals surface area (Å²) >= 11 is 0. The molecule has 0 aromatic rings. The highest BCUT2D eigenvalue weighted by Gasteiger charge is 2.37. The van der Waals surface area contributed by atoms with Crippen molar-refractivity contribution in [1.29, 1.82) is 0 Å². The molecule has 1 saturated carbocycles. The van der Waals surface area contributed by atoms with E-state index in [-0.39, 0.29) is 23.2 Å². The highest BCUT2D eigenvalue weighted by Crippen LogP contribution is 2.28. The monoisotopic (exact) mass is 317 g/mol. The Kier molecular flexibility index (Phi) is 5.62. The first-order chi connectivity index (χ1) is 9.93. The molecule has 0 aromatic heterocycles. The molecule has 1 aliphatic carbocycles. The quantitative estimate of drug-likeness (QED) is 0.748. The van der Waals surface area contributed by atoms with Crippen LogP contribution in [-0.4, -0.2) is 69.0 Å². The molecule has 1 amide bonds. The molecule has 3 atom stereocenters. The summed E-state index contributed by atoms with van der Waals surface area (Å²) in [6.07, 6.45) is 4.66. The van der Waals surface area contributed by atoms with Crippen LogP contribution in [0.1, 0.15) is 32.6 Å². The molecule has 21 heavy (non-hydrogen) atoms. The number of hydrogen-bond acceptors (Lipinski definition) is 5. The molecule has 2 fully saturated rings. The molecule has 6 nitrogen and oxygen atoms in total. The van der Waals surface area contributed by atoms with Crippen LogP contribution in [0.5, 0.6) is 0 Å². The number of nitrogens with one attached hydrogen (secondary N) is 2. The second-order valence-electron chi connectivity index (χ2n) is 6.12. The zero-order valence-electron chi connectivity index (χ0n) is 13.0. The fourth-order valence-electron chi connectivity index (χ4n) is 3.50. The number of nitrogens with zero attached hydrogens (tertiary/aromatic N) is 1. The lowest BCUT2D eigenvalue weighted by atomic mass is 9.92. The number of carbonyl (C=O) groups excluding carboxylic acids is 1. The van der Waals surface area contributed by atoms with Crippen molar-refractivity contribution in [3.05, 3.63) is 0 Å². The molecule has 0 bridgehead atoms. The molecule has 0 spiro atoms. The third-order valence-corrected chi connectivity index (χ3v) is 6.25. The topological polar surface area (TPSA) is 78.5 Å². The minimum absolute atomic E-state index is 0.0474. The fourth-order valence-corrected chi connectivity index (χ4v) is 4.67. The summed E-state index contributed by atoms with van der Waals surface area (Å²) < 4.78 is 23.6. The van der Waals surface area contributed by atoms with Crippen LogP contribution in [0.2, 0.25) is 0 Å². The molecule has 2 aliphatic rings. The summed E-state index contributed by atoms with van der Waals surface area (Å²) in [5.41, 5.74) is 0. The summed E-state index contributed by atoms with van der Waals surface area (Å²) in [6, 6.07) is 0.0233. The van der Waals surface area contributed by atoms with Crippen LogP contribution in [0, 0.1) is 0 Å². The van der Waals surface area contributed by atoms with Gasteiger partial charge >= 0.3 is 0 Å². The molecule has 1 aliphatic heterocycles. The van der Waals surface area contributed by atoms with E-state index in [1.54, 1.807) is 0 Å². The van der Waals surface area contributed by atoms with Crippen LogP contribution < -0.4 is 10.6 Å². The number of hydrogen-bond donors (Lipinski definition) is 2. The maximum Gasteiger partial charge on any atom is 0.238 e. The second-order valence-corrected chi connectivity index (χ2v) is 8.45. The second kappa shape index (κ2) is 7.07. The van der Waals surface area contributed by atoms with Crippen LogP contribution in [0.3, 0.4) is 0 Å². The van der Waals surface area contributed by atoms with Gasteiger partial charge in [0.2, 0.25) is 5.91 Å². The van der Waals surface area contributed by atoms with Crippen LogP contribution in [-0.2, 0) is 14.6 Å². The number of rotatable bonds is 4. The van der Waals surface area contributed by atoms with Crippen LogP contribution in [0.4, 0.5) is 0 Å². The number of piperazine rings is 1. The molecule has 0 aromatic carbocycles. The zero-order chi connectivity index (χ0) is 15.5. The van der Waals surface area contributed by atoms with Crippen molar-refractivity contribution in [3.8, 4) is 0 Å². The molecule has 1 heterocycles. The Morgan fingerprint density at radius 1 is 1.38 bits per heavy atom. The van der Waals surface area contributed by atoms with Gasteiger partial charge in [0.05, 0.1) is 5.25 Å². The fraction of sp³-hybridized carbons (Fsp3) is 0.929. The maximum absolute atomic E-state index is 12.2. The molecule has 3 unspecified atom stereocenters. The molecule has 122 valence electrons. The third kappa shape index (κ3) is 4.17. The van der Waals surface area contributed by atoms with Crippen molar-refractivity contribution in [2.45, 2.75) is 49.9 Å². The number of amides is 1. The Balaban J connectivity index is 2.08. The van der Waals surface area contributed by atoms with Gasteiger partial charge < -0.3 is 10.6 Å². The van der Waals surface area contributed by atoms with Gasteiger partial charge in [-0.2, -0.15) is 0 Å². The summed E-state index contributed by atoms with van der Waals surface area (Å²) in [5.74, 6) is 0.0474. The Hall–Kier alpha value is -0.660. The summed E-state index contributed by atoms with van der Waals surface area (Å²) in [4.78, 5) is 14.4. The lowest BCUT2D eigenvalue weighted by Crippen LogP contribution is -2.61. The van der Waals surface area contributed by atoms with E-state index in [1.165, 1.54) is 6.26 Å². The van der Waals surface area contributed by atoms with E-state index in [0.29, 0.717) is 19.5 Å². The highest BCUT2D eigenvalue weighted by atomic mass is 32.2. The third-order valence-electron chi connectivity index (χ3n) is 4.61. The Bertz CT molecular complexity index is 466. The Labute approximate surface area is 127 Å². The number of likely N-dealkylation sites (N-methyl/N-ethyl adjacent to an activating group) is 1. The molecule has 2 N–H and O–H groups in total. The molecule has 7 heteroatoms. The van der Waals surface area contributed by atoms with Crippen LogP contribution in [0.15, 0.2) is 0 Å². The highest BCUT2D eigenvalue weighted by molar-refractivity contribution is 7.91. The first-order valence-corrected chi connectivity index (χ1v) is 9.82. The molecule has 0 radical (unpaired) electrons. The average molecular weight is 317 g/mol. The molecule has 2 rings (SSSR count). The van der Waals surface area contributed by atoms with E-state index in [9.17, 15) is 13.2 Å². The van der Waals surface area contributed by atoms with Crippen molar-refractivity contribution in [1.82, 2.24) is 15.5 Å². The lowest BCUT2D eigenvalue weighted by molar-refractivity contribution is -0.128. The van der Waals surface area contributed by atoms with E-state index in [1.807, 2.05) is 6.92 Å². The van der Waals surface area contributed by atoms with E-state index in [4.69, 9.17) is 0 Å². The van der Waals surface area contributed by atoms with Crippen LogP contribution >= 0.6 is 0 Å². The number of carbonyl (C=O) groups is 1. The summed E-state index contributed by atoms with van der Waals surface area (Å²) in [7, 11) is -2.99. The minimum Gasteiger partial charge on any atom is -0.355 e. The van der Waals surface area contributed by atoms with Gasteiger partial charge in [0, 0.05) is 38.5 Å². The average Bonchev–Trinajstić information content (AvgIpc) is 2.47. The first-order valence-electron chi connectivity index (χ1n) is 7.86. The van der Waals surface area contributed by atoms with E-state index in [0.717, 1.165) is 32.4 Å². The van der Waals surface area contributed by atoms with E-state index >= 15 is 0 Å². The van der Waals surface area contributed by atoms with E-state index in [2.05, 4.69) is 15.5 Å². The predicted molar refractivity (Wildman–Crippen MR) is 82.9 cm³/mol. The van der Waals surface area contributed by atoms with Gasteiger partial charge in [-0.05, 0) is 26.2 Å². The van der Waals surface area contributed by atoms with Gasteiger partial charge in [-0.3, -0.25) is 9.69 Å². The largest absolute Gasteiger partial charge is 0.355 e. The Morgan fingerprint density at radius 3 is 2.81 bits per heavy atom. The first kappa shape index (κ1) is 16.7. The maximum atomic E-state index is 12.2. The van der Waals surface area contributed by atoms with Crippen LogP contribution in [0.25, 0.3) is 0 Å². The van der Waals surface area contributed by atoms with Crippen molar-refractivity contribution in [2.75, 3.05) is 32.4 Å². The normalized spacial score (nSPS) is 31.8. The van der Waals surface area contributed by atoms with Crippen molar-refractivity contribution in [2.24, 2.45) is 0 Å². The lowest BCUT2D eigenvalue weighted by Gasteiger charge is -2.43. The molecular formula is C14H27N3O3S. The van der Waals surface area contributed by atoms with Gasteiger partial charge in [-0.1, -0.05) is 6.42 Å². The smallest absolute Gasteiger partial charge is 0.238 e. The SMILES string of the molecule is CCNC(=O)C1CNCCN1C1CCCC(S(C)(=O)=O)C1. The number of sulfone groups is 1. The summed E-state index contributed by atoms with van der Waals surface area (Å²) in [5, 5.41) is 5.90. The zero-order valence-corrected chi connectivity index (χ0v) is 13.8. The van der Waals surface area contributed by atoms with Gasteiger partial charge in [-0.15, -0.1) is 0 Å². The van der Waals surface area contributed by atoms with E-state index < -0.39 is 9.84 Å². The Morgan fingerprint density at radius 2 is 2.14 bits per heavy atom. The van der Waals surface area contributed by atoms with Crippen molar-refractivity contribution in [3.63, 3.8) is 0 Å².